The van der Waals surface area contributed by atoms with E-state index < -0.39 is 0 Å². The molecule has 0 unspecified atom stereocenters. The van der Waals surface area contributed by atoms with Crippen LogP contribution in [0.15, 0.2) is 24.3 Å². The monoisotopic (exact) mass is 233 g/mol. The average molecular weight is 233 g/mol. The first kappa shape index (κ1) is 12.6. The van der Waals surface area contributed by atoms with Crippen molar-refractivity contribution in [2.45, 2.75) is 37.5 Å². The highest BCUT2D eigenvalue weighted by Gasteiger charge is 2.44. The summed E-state index contributed by atoms with van der Waals surface area (Å²) < 4.78 is 5.35. The maximum Gasteiger partial charge on any atom is 0.0559 e. The van der Waals surface area contributed by atoms with Gasteiger partial charge >= 0.3 is 0 Å². The van der Waals surface area contributed by atoms with E-state index in [2.05, 4.69) is 24.3 Å². The summed E-state index contributed by atoms with van der Waals surface area (Å²) in [7, 11) is 1.80. The fourth-order valence-corrected chi connectivity index (χ4v) is 2.47. The van der Waals surface area contributed by atoms with Crippen LogP contribution >= 0.6 is 0 Å². The van der Waals surface area contributed by atoms with Crippen molar-refractivity contribution in [1.82, 2.24) is 0 Å². The lowest BCUT2D eigenvalue weighted by molar-refractivity contribution is 0.171. The molecule has 0 radical (unpaired) electrons. The van der Waals surface area contributed by atoms with E-state index in [1.807, 2.05) is 0 Å². The zero-order chi connectivity index (χ0) is 12.1. The molecule has 2 nitrogen and oxygen atoms in total. The van der Waals surface area contributed by atoms with Crippen LogP contribution < -0.4 is 5.73 Å². The van der Waals surface area contributed by atoms with Gasteiger partial charge in [0, 0.05) is 12.5 Å². The van der Waals surface area contributed by atoms with E-state index in [-0.39, 0.29) is 0 Å². The van der Waals surface area contributed by atoms with Gasteiger partial charge in [0.05, 0.1) is 6.61 Å². The van der Waals surface area contributed by atoms with Crippen LogP contribution in [0.25, 0.3) is 0 Å². The van der Waals surface area contributed by atoms with Crippen LogP contribution in [0.4, 0.5) is 0 Å². The molecule has 2 N–H and O–H groups in total. The largest absolute Gasteiger partial charge is 0.384 e. The number of unbranched alkanes of at least 4 members (excludes halogenated alkanes) is 1. The molecule has 1 saturated carbocycles. The normalized spacial score (nSPS) is 17.1. The molecule has 0 aliphatic heterocycles. The molecule has 1 aromatic carbocycles. The van der Waals surface area contributed by atoms with Crippen molar-refractivity contribution in [2.24, 2.45) is 5.73 Å². The first-order valence-corrected chi connectivity index (χ1v) is 6.59. The lowest BCUT2D eigenvalue weighted by Crippen LogP contribution is -2.14. The molecular formula is C15H23NO. The zero-order valence-electron chi connectivity index (χ0n) is 10.7. The maximum atomic E-state index is 5.52. The van der Waals surface area contributed by atoms with Gasteiger partial charge in [0.15, 0.2) is 0 Å². The highest BCUT2D eigenvalue weighted by molar-refractivity contribution is 5.34. The Labute approximate surface area is 104 Å². The topological polar surface area (TPSA) is 35.2 Å². The van der Waals surface area contributed by atoms with Crippen molar-refractivity contribution in [3.63, 3.8) is 0 Å². The van der Waals surface area contributed by atoms with E-state index in [0.717, 1.165) is 26.0 Å². The Morgan fingerprint density at radius 1 is 1.29 bits per heavy atom. The molecule has 1 aromatic rings. The molecule has 94 valence electrons. The van der Waals surface area contributed by atoms with Crippen molar-refractivity contribution in [3.05, 3.63) is 35.4 Å². The van der Waals surface area contributed by atoms with Crippen LogP contribution in [0.3, 0.4) is 0 Å². The van der Waals surface area contributed by atoms with Gasteiger partial charge in [-0.1, -0.05) is 24.3 Å². The summed E-state index contributed by atoms with van der Waals surface area (Å²) in [6.45, 7) is 1.66. The van der Waals surface area contributed by atoms with Gasteiger partial charge in [-0.25, -0.2) is 0 Å². The Balaban J connectivity index is 2.01. The summed E-state index contributed by atoms with van der Waals surface area (Å²) in [5.74, 6) is 0. The lowest BCUT2D eigenvalue weighted by atomic mass is 9.94. The van der Waals surface area contributed by atoms with Crippen LogP contribution in [0.5, 0.6) is 0 Å². The number of hydrogen-bond acceptors (Lipinski definition) is 2. The predicted octanol–water partition coefficient (Wildman–Crippen LogP) is 2.65. The van der Waals surface area contributed by atoms with Gasteiger partial charge < -0.3 is 10.5 Å². The second-order valence-electron chi connectivity index (χ2n) is 5.16. The highest BCUT2D eigenvalue weighted by atomic mass is 16.5. The molecule has 1 aliphatic carbocycles. The Kier molecular flexibility index (Phi) is 4.19. The molecule has 0 aromatic heterocycles. The van der Waals surface area contributed by atoms with Crippen LogP contribution in [0.2, 0.25) is 0 Å². The number of rotatable bonds is 7. The summed E-state index contributed by atoms with van der Waals surface area (Å²) in [6.07, 6.45) is 6.00. The van der Waals surface area contributed by atoms with Crippen molar-refractivity contribution in [1.29, 1.82) is 0 Å². The van der Waals surface area contributed by atoms with Gasteiger partial charge in [0.1, 0.15) is 0 Å². The third-order valence-corrected chi connectivity index (χ3v) is 3.73. The standard InChI is InChI=1S/C15H23NO/c1-17-12-15(8-9-15)14-7-4-6-13(11-14)5-2-3-10-16/h4,6-7,11H,2-3,5,8-10,12,16H2,1H3. The quantitative estimate of drug-likeness (QED) is 0.735. The molecule has 2 heteroatoms. The summed E-state index contributed by atoms with van der Waals surface area (Å²) in [5.41, 5.74) is 8.76. The molecule has 1 fully saturated rings. The maximum absolute atomic E-state index is 5.52. The van der Waals surface area contributed by atoms with Gasteiger partial charge in [-0.15, -0.1) is 0 Å². The summed E-state index contributed by atoms with van der Waals surface area (Å²) >= 11 is 0. The molecule has 0 atom stereocenters. The Morgan fingerprint density at radius 3 is 2.76 bits per heavy atom. The third kappa shape index (κ3) is 3.08. The van der Waals surface area contributed by atoms with E-state index in [0.29, 0.717) is 5.41 Å². The minimum Gasteiger partial charge on any atom is -0.384 e. The molecule has 1 aliphatic rings. The van der Waals surface area contributed by atoms with Crippen LogP contribution in [-0.2, 0) is 16.6 Å². The van der Waals surface area contributed by atoms with Crippen molar-refractivity contribution >= 4 is 0 Å². The second kappa shape index (κ2) is 5.65. The summed E-state index contributed by atoms with van der Waals surface area (Å²) in [4.78, 5) is 0. The zero-order valence-corrected chi connectivity index (χ0v) is 10.7. The fourth-order valence-electron chi connectivity index (χ4n) is 2.47. The first-order chi connectivity index (χ1) is 8.30. The van der Waals surface area contributed by atoms with E-state index in [1.54, 1.807) is 7.11 Å². The third-order valence-electron chi connectivity index (χ3n) is 3.73. The Hall–Kier alpha value is -0.860. The highest BCUT2D eigenvalue weighted by Crippen LogP contribution is 2.48. The number of methoxy groups -OCH3 is 1. The van der Waals surface area contributed by atoms with Gasteiger partial charge in [-0.2, -0.15) is 0 Å². The SMILES string of the molecule is COCC1(c2cccc(CCCCN)c2)CC1. The fraction of sp³-hybridized carbons (Fsp3) is 0.600. The number of benzene rings is 1. The van der Waals surface area contributed by atoms with E-state index in [1.165, 1.54) is 30.4 Å². The number of aryl methyl sites for hydroxylation is 1. The van der Waals surface area contributed by atoms with Crippen LogP contribution in [0.1, 0.15) is 36.8 Å². The second-order valence-corrected chi connectivity index (χ2v) is 5.16. The minimum atomic E-state index is 0.332. The number of nitrogens with two attached hydrogens (primary N) is 1. The van der Waals surface area contributed by atoms with E-state index in [4.69, 9.17) is 10.5 Å². The molecule has 17 heavy (non-hydrogen) atoms. The Bertz CT molecular complexity index is 358. The lowest BCUT2D eigenvalue weighted by Gasteiger charge is -2.15. The predicted molar refractivity (Wildman–Crippen MR) is 71.2 cm³/mol. The van der Waals surface area contributed by atoms with E-state index in [9.17, 15) is 0 Å². The van der Waals surface area contributed by atoms with Gasteiger partial charge in [0.2, 0.25) is 0 Å². The molecule has 0 heterocycles. The van der Waals surface area contributed by atoms with Crippen LogP contribution in [0, 0.1) is 0 Å². The molecular weight excluding hydrogens is 210 g/mol. The molecule has 0 spiro atoms. The van der Waals surface area contributed by atoms with Crippen molar-refractivity contribution < 1.29 is 4.74 Å². The van der Waals surface area contributed by atoms with Crippen molar-refractivity contribution in [3.8, 4) is 0 Å². The van der Waals surface area contributed by atoms with Gasteiger partial charge in [-0.3, -0.25) is 0 Å². The van der Waals surface area contributed by atoms with Gasteiger partial charge in [-0.05, 0) is 49.8 Å². The van der Waals surface area contributed by atoms with Gasteiger partial charge in [0.25, 0.3) is 0 Å². The average Bonchev–Trinajstić information content (AvgIpc) is 3.12. The smallest absolute Gasteiger partial charge is 0.0559 e. The summed E-state index contributed by atoms with van der Waals surface area (Å²) in [6, 6.07) is 9.02. The summed E-state index contributed by atoms with van der Waals surface area (Å²) in [5, 5.41) is 0. The Morgan fingerprint density at radius 2 is 2.12 bits per heavy atom. The van der Waals surface area contributed by atoms with E-state index >= 15 is 0 Å². The molecule has 0 amide bonds. The number of hydrogen-bond donors (Lipinski definition) is 1. The number of ether oxygens (including phenoxy) is 1. The minimum absolute atomic E-state index is 0.332. The molecule has 2 rings (SSSR count). The first-order valence-electron chi connectivity index (χ1n) is 6.59. The molecule has 0 bridgehead atoms. The van der Waals surface area contributed by atoms with Crippen molar-refractivity contribution in [2.75, 3.05) is 20.3 Å². The van der Waals surface area contributed by atoms with Crippen LogP contribution in [-0.4, -0.2) is 20.3 Å². The molecule has 0 saturated heterocycles.